The van der Waals surface area contributed by atoms with Gasteiger partial charge in [0.15, 0.2) is 0 Å². The molecule has 0 aromatic heterocycles. The number of aliphatic hydroxyl groups excluding tert-OH is 1. The van der Waals surface area contributed by atoms with Crippen molar-refractivity contribution in [3.05, 3.63) is 35.0 Å². The van der Waals surface area contributed by atoms with Crippen LogP contribution in [-0.4, -0.2) is 41.4 Å². The third-order valence-corrected chi connectivity index (χ3v) is 6.15. The second-order valence-electron chi connectivity index (χ2n) is 8.40. The fraction of sp³-hybridized carbons (Fsp3) is 0.625. The lowest BCUT2D eigenvalue weighted by molar-refractivity contribution is -0.139. The van der Waals surface area contributed by atoms with E-state index in [9.17, 15) is 9.90 Å². The molecule has 1 aliphatic carbocycles. The summed E-state index contributed by atoms with van der Waals surface area (Å²) in [5, 5.41) is 20.7. The summed E-state index contributed by atoms with van der Waals surface area (Å²) in [4.78, 5) is 19.8. The van der Waals surface area contributed by atoms with Crippen molar-refractivity contribution in [3.63, 3.8) is 0 Å². The number of aliphatic hydroxyl groups is 1. The molecule has 6 heteroatoms. The summed E-state index contributed by atoms with van der Waals surface area (Å²) in [6, 6.07) is 0. The fourth-order valence-electron chi connectivity index (χ4n) is 4.27. The van der Waals surface area contributed by atoms with E-state index in [-0.39, 0.29) is 11.6 Å². The Bertz CT molecular complexity index is 738. The molecule has 0 aromatic rings. The summed E-state index contributed by atoms with van der Waals surface area (Å²) in [6.45, 7) is 9.59. The molecule has 0 saturated heterocycles. The van der Waals surface area contributed by atoms with Crippen LogP contribution in [0.5, 0.6) is 0 Å². The van der Waals surface area contributed by atoms with Crippen LogP contribution in [-0.2, 0) is 4.79 Å². The quantitative estimate of drug-likeness (QED) is 0.306. The maximum atomic E-state index is 13.5. The molecular weight excluding hydrogens is 376 g/mol. The average molecular weight is 415 g/mol. The van der Waals surface area contributed by atoms with E-state index >= 15 is 0 Å². The molecular formula is C24H38N4O2. The third-order valence-electron chi connectivity index (χ3n) is 6.15. The molecule has 0 radical (unpaired) electrons. The van der Waals surface area contributed by atoms with Crippen LogP contribution >= 0.6 is 0 Å². The maximum Gasteiger partial charge on any atom is 0.237 e. The number of nitrogens with zero attached hydrogens (tertiary/aromatic N) is 2. The molecule has 1 fully saturated rings. The van der Waals surface area contributed by atoms with E-state index < -0.39 is 5.41 Å². The van der Waals surface area contributed by atoms with Crippen molar-refractivity contribution < 1.29 is 9.90 Å². The molecule has 2 aliphatic rings. The van der Waals surface area contributed by atoms with Crippen molar-refractivity contribution >= 4 is 18.3 Å². The van der Waals surface area contributed by atoms with Crippen LogP contribution in [0.1, 0.15) is 72.6 Å². The molecule has 1 aliphatic heterocycles. The van der Waals surface area contributed by atoms with Gasteiger partial charge in [-0.3, -0.25) is 4.79 Å². The number of aliphatic imine (C=N–C) groups is 1. The first-order valence-corrected chi connectivity index (χ1v) is 11.3. The minimum Gasteiger partial charge on any atom is -0.513 e. The molecule has 6 nitrogen and oxygen atoms in total. The van der Waals surface area contributed by atoms with Crippen LogP contribution < -0.4 is 5.32 Å². The predicted octanol–water partition coefficient (Wildman–Crippen LogP) is 5.10. The van der Waals surface area contributed by atoms with Gasteiger partial charge in [-0.05, 0) is 56.6 Å². The van der Waals surface area contributed by atoms with Crippen LogP contribution in [0.15, 0.2) is 40.0 Å². The number of carbonyl (C=O) groups is 1. The second-order valence-corrected chi connectivity index (χ2v) is 8.40. The lowest BCUT2D eigenvalue weighted by atomic mass is 9.69. The highest BCUT2D eigenvalue weighted by atomic mass is 16.2. The standard InChI is InChI=1S/C24H38N4O2/c1-5-8-22(26-14-19-9-10-19)27-15-20-16-28(21(13-25)17-29)23(30)24(11-6-2,12-7-3)18(20)4/h8,13,15,17,19,25-26,29H,5-7,9-12,14,16H2,1-4H3/b21-17+,22-8+,25-13?,27-15-. The van der Waals surface area contributed by atoms with Gasteiger partial charge in [-0.2, -0.15) is 0 Å². The monoisotopic (exact) mass is 414 g/mol. The van der Waals surface area contributed by atoms with Crippen molar-refractivity contribution in [2.45, 2.75) is 72.6 Å². The fourth-order valence-corrected chi connectivity index (χ4v) is 4.27. The second kappa shape index (κ2) is 11.1. The summed E-state index contributed by atoms with van der Waals surface area (Å²) >= 11 is 0. The summed E-state index contributed by atoms with van der Waals surface area (Å²) in [6.07, 6.45) is 12.6. The molecule has 2 rings (SSSR count). The minimum atomic E-state index is -0.615. The Morgan fingerprint density at radius 1 is 1.30 bits per heavy atom. The van der Waals surface area contributed by atoms with E-state index in [2.05, 4.69) is 39.1 Å². The first-order chi connectivity index (χ1) is 14.5. The van der Waals surface area contributed by atoms with Gasteiger partial charge in [0.25, 0.3) is 0 Å². The lowest BCUT2D eigenvalue weighted by Crippen LogP contribution is -2.49. The average Bonchev–Trinajstić information content (AvgIpc) is 3.56. The van der Waals surface area contributed by atoms with Crippen molar-refractivity contribution in [1.82, 2.24) is 10.2 Å². The van der Waals surface area contributed by atoms with Crippen LogP contribution in [0.3, 0.4) is 0 Å². The summed E-state index contributed by atoms with van der Waals surface area (Å²) in [5.74, 6) is 1.60. The van der Waals surface area contributed by atoms with E-state index in [4.69, 9.17) is 10.4 Å². The lowest BCUT2D eigenvalue weighted by Gasteiger charge is -2.43. The predicted molar refractivity (Wildman–Crippen MR) is 124 cm³/mol. The van der Waals surface area contributed by atoms with Gasteiger partial charge >= 0.3 is 0 Å². The van der Waals surface area contributed by atoms with Crippen LogP contribution in [0.25, 0.3) is 0 Å². The minimum absolute atomic E-state index is 0.0270. The van der Waals surface area contributed by atoms with Crippen molar-refractivity contribution in [3.8, 4) is 0 Å². The number of amides is 1. The first kappa shape index (κ1) is 23.9. The molecule has 0 bridgehead atoms. The number of carbonyl (C=O) groups excluding carboxylic acids is 1. The Hall–Kier alpha value is -2.37. The highest BCUT2D eigenvalue weighted by Gasteiger charge is 2.46. The Labute approximate surface area is 181 Å². The van der Waals surface area contributed by atoms with E-state index in [1.807, 2.05) is 6.21 Å². The van der Waals surface area contributed by atoms with Gasteiger partial charge in [-0.1, -0.05) is 39.2 Å². The topological polar surface area (TPSA) is 88.8 Å². The Morgan fingerprint density at radius 2 is 1.97 bits per heavy atom. The number of nitrogens with one attached hydrogen (secondary N) is 2. The Balaban J connectivity index is 2.43. The molecule has 166 valence electrons. The van der Waals surface area contributed by atoms with Gasteiger partial charge in [0.1, 0.15) is 12.1 Å². The van der Waals surface area contributed by atoms with Crippen LogP contribution in [0, 0.1) is 16.7 Å². The van der Waals surface area contributed by atoms with Gasteiger partial charge in [-0.15, -0.1) is 0 Å². The summed E-state index contributed by atoms with van der Waals surface area (Å²) in [5.41, 5.74) is 1.65. The van der Waals surface area contributed by atoms with Gasteiger partial charge in [-0.25, -0.2) is 4.99 Å². The molecule has 1 saturated carbocycles. The van der Waals surface area contributed by atoms with Gasteiger partial charge in [0, 0.05) is 19.0 Å². The molecule has 0 unspecified atom stereocenters. The molecule has 3 N–H and O–H groups in total. The zero-order valence-corrected chi connectivity index (χ0v) is 19.0. The third kappa shape index (κ3) is 5.41. The first-order valence-electron chi connectivity index (χ1n) is 11.3. The molecule has 1 amide bonds. The number of allylic oxidation sites excluding steroid dienone is 2. The maximum absolute atomic E-state index is 13.5. The number of hydrogen-bond donors (Lipinski definition) is 3. The van der Waals surface area contributed by atoms with E-state index in [1.54, 1.807) is 0 Å². The molecule has 1 heterocycles. The largest absolute Gasteiger partial charge is 0.513 e. The van der Waals surface area contributed by atoms with Gasteiger partial charge < -0.3 is 20.7 Å². The van der Waals surface area contributed by atoms with Crippen molar-refractivity contribution in [2.75, 3.05) is 13.1 Å². The normalized spacial score (nSPS) is 20.3. The zero-order chi connectivity index (χ0) is 22.1. The van der Waals surface area contributed by atoms with E-state index in [0.717, 1.165) is 74.0 Å². The summed E-state index contributed by atoms with van der Waals surface area (Å²) in [7, 11) is 0. The van der Waals surface area contributed by atoms with Crippen LogP contribution in [0.2, 0.25) is 0 Å². The highest BCUT2D eigenvalue weighted by molar-refractivity contribution is 5.97. The van der Waals surface area contributed by atoms with E-state index in [0.29, 0.717) is 6.54 Å². The van der Waals surface area contributed by atoms with Crippen LogP contribution in [0.4, 0.5) is 0 Å². The smallest absolute Gasteiger partial charge is 0.237 e. The molecule has 0 atom stereocenters. The Kier molecular flexibility index (Phi) is 8.88. The Morgan fingerprint density at radius 3 is 2.47 bits per heavy atom. The van der Waals surface area contributed by atoms with Gasteiger partial charge in [0.05, 0.1) is 17.7 Å². The number of rotatable bonds is 12. The van der Waals surface area contributed by atoms with Crippen molar-refractivity contribution in [2.24, 2.45) is 16.3 Å². The summed E-state index contributed by atoms with van der Waals surface area (Å²) < 4.78 is 0. The SMILES string of the molecule is CC/C=C(/N=C\C1=C(C)C(CCC)(CCC)C(=O)N(/C(C=N)=C/O)C1)NCC1CC1. The molecule has 30 heavy (non-hydrogen) atoms. The highest BCUT2D eigenvalue weighted by Crippen LogP contribution is 2.44. The van der Waals surface area contributed by atoms with Crippen molar-refractivity contribution in [1.29, 1.82) is 5.41 Å². The molecule has 0 aromatic carbocycles. The number of hydrogen-bond acceptors (Lipinski definition) is 5. The van der Waals surface area contributed by atoms with E-state index in [1.165, 1.54) is 17.7 Å². The zero-order valence-electron chi connectivity index (χ0n) is 19.0. The molecule has 0 spiro atoms. The van der Waals surface area contributed by atoms with Gasteiger partial charge in [0.2, 0.25) is 5.91 Å².